The van der Waals surface area contributed by atoms with Gasteiger partial charge in [0, 0.05) is 39.2 Å². The lowest BCUT2D eigenvalue weighted by molar-refractivity contribution is -0.180. The smallest absolute Gasteiger partial charge is 0.241 e. The molecule has 0 aliphatic carbocycles. The molecule has 0 saturated carbocycles. The molecular formula is C29H44N2O7S. The van der Waals surface area contributed by atoms with Gasteiger partial charge in [0.15, 0.2) is 0 Å². The first-order valence-corrected chi connectivity index (χ1v) is 15.3. The summed E-state index contributed by atoms with van der Waals surface area (Å²) in [4.78, 5) is 0.0230. The van der Waals surface area contributed by atoms with Gasteiger partial charge in [-0.15, -0.1) is 0 Å². The monoisotopic (exact) mass is 564 g/mol. The van der Waals surface area contributed by atoms with Crippen LogP contribution in [0.4, 0.5) is 0 Å². The summed E-state index contributed by atoms with van der Waals surface area (Å²) < 4.78 is 45.8. The summed E-state index contributed by atoms with van der Waals surface area (Å²) in [6.45, 7) is 7.07. The average molecular weight is 565 g/mol. The number of primary sulfonamides is 1. The van der Waals surface area contributed by atoms with E-state index in [1.165, 1.54) is 7.11 Å². The zero-order valence-electron chi connectivity index (χ0n) is 23.4. The lowest BCUT2D eigenvalue weighted by Gasteiger charge is -2.33. The van der Waals surface area contributed by atoms with Gasteiger partial charge in [0.05, 0.1) is 19.8 Å². The number of methoxy groups -OCH3 is 1. The van der Waals surface area contributed by atoms with Gasteiger partial charge in [0.1, 0.15) is 16.4 Å². The highest BCUT2D eigenvalue weighted by Gasteiger charge is 2.27. The number of fused-ring (bicyclic) bond motifs is 1. The van der Waals surface area contributed by atoms with Gasteiger partial charge in [0.25, 0.3) is 0 Å². The molecule has 2 aromatic rings. The lowest BCUT2D eigenvalue weighted by Crippen LogP contribution is -2.35. The van der Waals surface area contributed by atoms with Crippen molar-refractivity contribution in [3.05, 3.63) is 53.1 Å². The highest BCUT2D eigenvalue weighted by molar-refractivity contribution is 7.89. The van der Waals surface area contributed by atoms with Crippen molar-refractivity contribution in [2.45, 2.75) is 82.2 Å². The number of rotatable bonds is 17. The summed E-state index contributed by atoms with van der Waals surface area (Å²) in [5.74, 6) is 0.457. The quantitative estimate of drug-likeness (QED) is 0.244. The molecule has 0 fully saturated rings. The van der Waals surface area contributed by atoms with E-state index in [1.54, 1.807) is 12.1 Å². The molecule has 10 heteroatoms. The Morgan fingerprint density at radius 2 is 1.79 bits per heavy atom. The van der Waals surface area contributed by atoms with Crippen LogP contribution in [-0.4, -0.2) is 52.7 Å². The van der Waals surface area contributed by atoms with Gasteiger partial charge in [-0.2, -0.15) is 0 Å². The molecule has 0 amide bonds. The predicted molar refractivity (Wildman–Crippen MR) is 150 cm³/mol. The molecule has 1 aliphatic rings. The van der Waals surface area contributed by atoms with Crippen molar-refractivity contribution in [2.75, 3.05) is 33.4 Å². The van der Waals surface area contributed by atoms with Crippen molar-refractivity contribution in [3.8, 4) is 11.5 Å². The van der Waals surface area contributed by atoms with E-state index < -0.39 is 21.9 Å². The molecule has 0 unspecified atom stereocenters. The van der Waals surface area contributed by atoms with E-state index in [0.717, 1.165) is 80.5 Å². The van der Waals surface area contributed by atoms with Crippen LogP contribution in [0.3, 0.4) is 0 Å². The number of sulfonamides is 1. The third kappa shape index (κ3) is 10.4. The number of ether oxygens (including phenoxy) is 4. The summed E-state index contributed by atoms with van der Waals surface area (Å²) in [5.41, 5.74) is 2.74. The van der Waals surface area contributed by atoms with Gasteiger partial charge < -0.3 is 29.4 Å². The van der Waals surface area contributed by atoms with Crippen LogP contribution in [0.15, 0.2) is 41.3 Å². The highest BCUT2D eigenvalue weighted by atomic mass is 32.2. The van der Waals surface area contributed by atoms with E-state index in [1.807, 2.05) is 38.1 Å². The number of aliphatic hydroxyl groups excluding tert-OH is 1. The van der Waals surface area contributed by atoms with Gasteiger partial charge in [-0.05, 0) is 74.0 Å². The fraction of sp³-hybridized carbons (Fsp3) is 0.586. The maximum atomic E-state index is 11.7. The summed E-state index contributed by atoms with van der Waals surface area (Å²) in [5, 5.41) is 19.1. The number of unbranched alkanes of at least 4 members (excludes halogenated alkanes) is 4. The number of aliphatic hydroxyl groups is 1. The normalized spacial score (nSPS) is 15.4. The Morgan fingerprint density at radius 1 is 1.05 bits per heavy atom. The molecule has 0 spiro atoms. The fourth-order valence-electron chi connectivity index (χ4n) is 4.46. The molecular weight excluding hydrogens is 520 g/mol. The number of nitrogens with two attached hydrogens (primary N) is 1. The van der Waals surface area contributed by atoms with Gasteiger partial charge in [0.2, 0.25) is 15.8 Å². The molecule has 1 aliphatic heterocycles. The molecule has 218 valence electrons. The second-order valence-corrected chi connectivity index (χ2v) is 11.9. The highest BCUT2D eigenvalue weighted by Crippen LogP contribution is 2.32. The average Bonchev–Trinajstić information content (AvgIpc) is 2.89. The van der Waals surface area contributed by atoms with E-state index >= 15 is 0 Å². The van der Waals surface area contributed by atoms with Crippen LogP contribution in [0.1, 0.15) is 75.2 Å². The van der Waals surface area contributed by atoms with E-state index in [0.29, 0.717) is 19.8 Å². The topological polar surface area (TPSA) is 129 Å². The molecule has 0 radical (unpaired) electrons. The number of hydrogen-bond acceptors (Lipinski definition) is 8. The van der Waals surface area contributed by atoms with Gasteiger partial charge in [-0.3, -0.25) is 0 Å². The van der Waals surface area contributed by atoms with Crippen molar-refractivity contribution >= 4 is 10.0 Å². The summed E-state index contributed by atoms with van der Waals surface area (Å²) in [7, 11) is -2.39. The molecule has 1 atom stereocenters. The zero-order chi connectivity index (χ0) is 28.3. The van der Waals surface area contributed by atoms with E-state index in [4.69, 9.17) is 24.1 Å². The van der Waals surface area contributed by atoms with Crippen LogP contribution in [-0.2, 0) is 32.5 Å². The standard InChI is InChI=1S/C29H44N2O7S/c1-29(2)37-21-24-19-23(12-14-26(24)38-29)25(32)20-31-15-7-4-5-8-16-36-17-9-6-10-22-11-13-27(35-3)28(18-22)39(30,33)34/h11-14,18-19,25,31-32H,4-10,15-17,20-21H2,1-3H3,(H2,30,33,34)/t25-/m1/s1. The zero-order valence-corrected chi connectivity index (χ0v) is 24.2. The SMILES string of the molecule is COc1ccc(CCCCOCCCCCCNC[C@@H](O)c2ccc3c(c2)COC(C)(C)O3)cc1S(N)(=O)=O. The van der Waals surface area contributed by atoms with Crippen LogP contribution < -0.4 is 19.9 Å². The summed E-state index contributed by atoms with van der Waals surface area (Å²) in [6, 6.07) is 10.9. The first kappa shape index (κ1) is 31.3. The Morgan fingerprint density at radius 3 is 2.54 bits per heavy atom. The third-order valence-electron chi connectivity index (χ3n) is 6.67. The van der Waals surface area contributed by atoms with Crippen molar-refractivity contribution in [2.24, 2.45) is 5.14 Å². The molecule has 2 aromatic carbocycles. The predicted octanol–water partition coefficient (Wildman–Crippen LogP) is 4.21. The van der Waals surface area contributed by atoms with Crippen LogP contribution >= 0.6 is 0 Å². The van der Waals surface area contributed by atoms with Gasteiger partial charge >= 0.3 is 0 Å². The van der Waals surface area contributed by atoms with Gasteiger partial charge in [-0.1, -0.05) is 25.0 Å². The maximum absolute atomic E-state index is 11.7. The van der Waals surface area contributed by atoms with Gasteiger partial charge in [-0.25, -0.2) is 13.6 Å². The fourth-order valence-corrected chi connectivity index (χ4v) is 5.21. The summed E-state index contributed by atoms with van der Waals surface area (Å²) in [6.07, 6.45) is 6.28. The van der Waals surface area contributed by atoms with Crippen molar-refractivity contribution in [3.63, 3.8) is 0 Å². The first-order valence-electron chi connectivity index (χ1n) is 13.7. The Kier molecular flexibility index (Phi) is 12.0. The molecule has 1 heterocycles. The number of nitrogens with one attached hydrogen (secondary N) is 1. The van der Waals surface area contributed by atoms with Crippen LogP contribution in [0, 0.1) is 0 Å². The molecule has 4 N–H and O–H groups in total. The Hall–Kier alpha value is -2.21. The number of hydrogen-bond donors (Lipinski definition) is 3. The Balaban J connectivity index is 1.18. The molecule has 0 saturated heterocycles. The number of aryl methyl sites for hydroxylation is 1. The Labute approximate surface area is 233 Å². The first-order chi connectivity index (χ1) is 18.6. The van der Waals surface area contributed by atoms with Crippen LogP contribution in [0.25, 0.3) is 0 Å². The third-order valence-corrected chi connectivity index (χ3v) is 7.60. The molecule has 3 rings (SSSR count). The molecule has 9 nitrogen and oxygen atoms in total. The second-order valence-electron chi connectivity index (χ2n) is 10.4. The largest absolute Gasteiger partial charge is 0.495 e. The van der Waals surface area contributed by atoms with Crippen molar-refractivity contribution in [1.82, 2.24) is 5.32 Å². The van der Waals surface area contributed by atoms with E-state index in [9.17, 15) is 13.5 Å². The van der Waals surface area contributed by atoms with E-state index in [2.05, 4.69) is 5.32 Å². The molecule has 0 aromatic heterocycles. The van der Waals surface area contributed by atoms with E-state index in [-0.39, 0.29) is 10.6 Å². The minimum atomic E-state index is -3.82. The summed E-state index contributed by atoms with van der Waals surface area (Å²) >= 11 is 0. The molecule has 0 bridgehead atoms. The maximum Gasteiger partial charge on any atom is 0.241 e. The van der Waals surface area contributed by atoms with Crippen LogP contribution in [0.5, 0.6) is 11.5 Å². The second kappa shape index (κ2) is 15.0. The lowest BCUT2D eigenvalue weighted by atomic mass is 10.0. The van der Waals surface area contributed by atoms with Crippen molar-refractivity contribution < 1.29 is 32.5 Å². The minimum absolute atomic E-state index is 0.0230. The van der Waals surface area contributed by atoms with Crippen molar-refractivity contribution in [1.29, 1.82) is 0 Å². The van der Waals surface area contributed by atoms with Crippen LogP contribution in [0.2, 0.25) is 0 Å². The number of benzene rings is 2. The minimum Gasteiger partial charge on any atom is -0.495 e. The molecule has 39 heavy (non-hydrogen) atoms. The Bertz CT molecular complexity index is 1150.